The molecule has 2 aromatic heterocycles. The van der Waals surface area contributed by atoms with Crippen LogP contribution in [0.3, 0.4) is 0 Å². The van der Waals surface area contributed by atoms with Gasteiger partial charge < -0.3 is 24.8 Å². The fourth-order valence-corrected chi connectivity index (χ4v) is 0.836. The Bertz CT molecular complexity index is 287. The van der Waals surface area contributed by atoms with Gasteiger partial charge in [-0.05, 0) is 5.39 Å². The van der Waals surface area contributed by atoms with Crippen molar-refractivity contribution in [3.63, 3.8) is 0 Å². The number of fused-ring (bicyclic) bond motifs is 1. The molecule has 0 aliphatic rings. The van der Waals surface area contributed by atoms with E-state index in [1.807, 2.05) is 18.2 Å². The van der Waals surface area contributed by atoms with Gasteiger partial charge in [0.05, 0.1) is 0 Å². The van der Waals surface area contributed by atoms with E-state index in [1.54, 1.807) is 12.4 Å². The molecule has 0 N–H and O–H groups in total. The van der Waals surface area contributed by atoms with Crippen molar-refractivity contribution in [3.8, 4) is 0 Å². The van der Waals surface area contributed by atoms with Gasteiger partial charge in [0.15, 0.2) is 0 Å². The Morgan fingerprint density at radius 1 is 1.17 bits per heavy atom. The van der Waals surface area contributed by atoms with Crippen molar-refractivity contribution in [1.29, 1.82) is 0 Å². The molecule has 2 rings (SSSR count). The summed E-state index contributed by atoms with van der Waals surface area (Å²) in [5.41, 5.74) is 0.831. The van der Waals surface area contributed by atoms with Crippen LogP contribution in [-0.4, -0.2) is 22.3 Å². The summed E-state index contributed by atoms with van der Waals surface area (Å²) in [6.07, 6.45) is 3.51. The number of hydrogen-bond acceptors (Lipinski definition) is 1. The van der Waals surface area contributed by atoms with Crippen molar-refractivity contribution in [3.05, 3.63) is 45.4 Å². The van der Waals surface area contributed by atoms with Crippen molar-refractivity contribution >= 4 is 28.4 Å². The van der Waals surface area contributed by atoms with Crippen molar-refractivity contribution in [2.75, 3.05) is 0 Å². The third kappa shape index (κ3) is 2.37. The predicted octanol–water partition coefficient (Wildman–Crippen LogP) is 1.71. The minimum absolute atomic E-state index is 0. The zero-order chi connectivity index (χ0) is 6.10. The van der Waals surface area contributed by atoms with Gasteiger partial charge in [-0.15, -0.1) is 0 Å². The molecule has 12 heavy (non-hydrogen) atoms. The van der Waals surface area contributed by atoms with Gasteiger partial charge in [-0.3, -0.25) is 0 Å². The molecule has 2 heterocycles. The van der Waals surface area contributed by atoms with E-state index < -0.39 is 0 Å². The normalized spacial score (nSPS) is 7.67. The first-order valence-electron chi connectivity index (χ1n) is 2.79. The quantitative estimate of drug-likeness (QED) is 0.449. The van der Waals surface area contributed by atoms with Crippen LogP contribution in [0, 0.1) is 14.9 Å². The zero-order valence-electron chi connectivity index (χ0n) is 7.36. The van der Waals surface area contributed by atoms with E-state index in [4.69, 9.17) is 0 Å². The summed E-state index contributed by atoms with van der Waals surface area (Å²) in [6.45, 7) is 0. The molecule has 60 valence electrons. The maximum atomic E-state index is 4.03. The Morgan fingerprint density at radius 2 is 1.92 bits per heavy atom. The monoisotopic (exact) mass is 174 g/mol. The van der Waals surface area contributed by atoms with Gasteiger partial charge in [0.2, 0.25) is 0 Å². The Hall–Kier alpha value is -0.778. The largest absolute Gasteiger partial charge is 3.00 e. The summed E-state index contributed by atoms with van der Waals surface area (Å²) >= 11 is 0. The number of hydrogen-bond donors (Lipinski definition) is 0. The van der Waals surface area contributed by atoms with Gasteiger partial charge in [-0.2, -0.15) is 0 Å². The summed E-state index contributed by atoms with van der Waals surface area (Å²) in [4.78, 5) is 8.04. The maximum absolute atomic E-state index is 4.03. The Morgan fingerprint density at radius 3 is 2.58 bits per heavy atom. The SMILES string of the molecule is [Al+3].[CH3-].[CH3-].c1cnc2[n-]ccc2c1. The second-order valence-corrected chi connectivity index (χ2v) is 1.86. The summed E-state index contributed by atoms with van der Waals surface area (Å²) in [6, 6.07) is 5.85. The van der Waals surface area contributed by atoms with Crippen molar-refractivity contribution in [1.82, 2.24) is 9.97 Å². The van der Waals surface area contributed by atoms with Crippen LogP contribution in [-0.2, 0) is 0 Å². The number of aromatic nitrogens is 2. The average molecular weight is 174 g/mol. The molecule has 0 spiro atoms. The second-order valence-electron chi connectivity index (χ2n) is 1.86. The van der Waals surface area contributed by atoms with E-state index in [0.717, 1.165) is 11.0 Å². The van der Waals surface area contributed by atoms with E-state index in [-0.39, 0.29) is 32.2 Å². The predicted molar refractivity (Wildman–Crippen MR) is 53.6 cm³/mol. The van der Waals surface area contributed by atoms with Crippen molar-refractivity contribution in [2.45, 2.75) is 0 Å². The molecule has 0 radical (unpaired) electrons. The maximum Gasteiger partial charge on any atom is 3.00 e. The minimum Gasteiger partial charge on any atom is -0.442 e. The number of pyridine rings is 1. The smallest absolute Gasteiger partial charge is 0.442 e. The molecule has 2 aromatic rings. The molecule has 0 unspecified atom stereocenters. The van der Waals surface area contributed by atoms with Crippen LogP contribution < -0.4 is 4.98 Å². The van der Waals surface area contributed by atoms with Crippen LogP contribution in [0.2, 0.25) is 0 Å². The van der Waals surface area contributed by atoms with Gasteiger partial charge in [-0.25, -0.2) is 0 Å². The van der Waals surface area contributed by atoms with Gasteiger partial charge in [0, 0.05) is 0 Å². The number of nitrogens with zero attached hydrogens (tertiary/aromatic N) is 2. The van der Waals surface area contributed by atoms with Crippen LogP contribution in [0.5, 0.6) is 0 Å². The third-order valence-corrected chi connectivity index (χ3v) is 1.27. The fourth-order valence-electron chi connectivity index (χ4n) is 0.836. The Kier molecular flexibility index (Phi) is 6.69. The van der Waals surface area contributed by atoms with Crippen molar-refractivity contribution < 1.29 is 0 Å². The van der Waals surface area contributed by atoms with E-state index in [1.165, 1.54) is 0 Å². The molecule has 2 nitrogen and oxygen atoms in total. The molecule has 0 fully saturated rings. The zero-order valence-corrected chi connectivity index (χ0v) is 8.51. The summed E-state index contributed by atoms with van der Waals surface area (Å²) in [5, 5.41) is 1.11. The molecular formula is C9H11AlN2. The first kappa shape index (κ1) is 13.8. The first-order valence-corrected chi connectivity index (χ1v) is 2.79. The Balaban J connectivity index is 0. The fraction of sp³-hybridized carbons (Fsp3) is 0. The molecule has 0 atom stereocenters. The van der Waals surface area contributed by atoms with Gasteiger partial charge in [0.25, 0.3) is 0 Å². The Labute approximate surface area is 84.2 Å². The molecule has 0 bridgehead atoms. The van der Waals surface area contributed by atoms with Crippen LogP contribution in [0.1, 0.15) is 0 Å². The van der Waals surface area contributed by atoms with E-state index in [0.29, 0.717) is 0 Å². The van der Waals surface area contributed by atoms with Crippen LogP contribution in [0.4, 0.5) is 0 Å². The first-order chi connectivity index (χ1) is 4.47. The standard InChI is InChI=1S/C7H5N2.2CH3.Al/c1-2-6-3-5-9-7(6)8-4-1;;;/h1-5H;2*1H3;/q3*-1;+3. The van der Waals surface area contributed by atoms with Gasteiger partial charge >= 0.3 is 17.4 Å². The van der Waals surface area contributed by atoms with E-state index >= 15 is 0 Å². The van der Waals surface area contributed by atoms with Gasteiger partial charge in [0.1, 0.15) is 0 Å². The molecule has 0 aliphatic carbocycles. The van der Waals surface area contributed by atoms with Crippen LogP contribution in [0.25, 0.3) is 11.0 Å². The molecule has 0 aromatic carbocycles. The topological polar surface area (TPSA) is 27.0 Å². The molecule has 0 saturated carbocycles. The number of rotatable bonds is 0. The summed E-state index contributed by atoms with van der Waals surface area (Å²) < 4.78 is 0. The minimum atomic E-state index is 0. The molecular weight excluding hydrogens is 163 g/mol. The molecule has 0 saturated heterocycles. The molecule has 3 heteroatoms. The van der Waals surface area contributed by atoms with Gasteiger partial charge in [-0.1, -0.05) is 36.2 Å². The summed E-state index contributed by atoms with van der Waals surface area (Å²) in [7, 11) is 0. The second kappa shape index (κ2) is 5.82. The van der Waals surface area contributed by atoms with E-state index in [9.17, 15) is 0 Å². The molecule has 0 aliphatic heterocycles. The average Bonchev–Trinajstić information content (AvgIpc) is 2.33. The summed E-state index contributed by atoms with van der Waals surface area (Å²) in [5.74, 6) is 0. The van der Waals surface area contributed by atoms with Crippen LogP contribution >= 0.6 is 0 Å². The van der Waals surface area contributed by atoms with Crippen molar-refractivity contribution in [2.24, 2.45) is 0 Å². The molecule has 0 amide bonds. The third-order valence-electron chi connectivity index (χ3n) is 1.27. The van der Waals surface area contributed by atoms with Crippen LogP contribution in [0.15, 0.2) is 30.6 Å². The van der Waals surface area contributed by atoms with E-state index in [2.05, 4.69) is 9.97 Å².